The number of aromatic nitrogens is 1. The fraction of sp³-hybridized carbons (Fsp3) is 0.438. The van der Waals surface area contributed by atoms with Crippen molar-refractivity contribution in [3.8, 4) is 0 Å². The first-order valence-electron chi connectivity index (χ1n) is 7.35. The summed E-state index contributed by atoms with van der Waals surface area (Å²) in [6, 6.07) is 1.48. The second-order valence-electron chi connectivity index (χ2n) is 6.00. The van der Waals surface area contributed by atoms with Crippen LogP contribution >= 0.6 is 0 Å². The zero-order valence-electron chi connectivity index (χ0n) is 13.8. The summed E-state index contributed by atoms with van der Waals surface area (Å²) < 4.78 is 5.21. The second kappa shape index (κ2) is 8.17. The van der Waals surface area contributed by atoms with Gasteiger partial charge in [-0.05, 0) is 33.3 Å². The Morgan fingerprint density at radius 2 is 2.04 bits per heavy atom. The molecule has 0 aliphatic heterocycles. The molecule has 0 spiro atoms. The molecule has 1 heterocycles. The molecule has 7 nitrogen and oxygen atoms in total. The summed E-state index contributed by atoms with van der Waals surface area (Å²) in [7, 11) is 0. The maximum absolute atomic E-state index is 11.5. The van der Waals surface area contributed by atoms with Crippen LogP contribution in [0.25, 0.3) is 0 Å². The summed E-state index contributed by atoms with van der Waals surface area (Å²) in [5.41, 5.74) is 11.1. The van der Waals surface area contributed by atoms with E-state index in [0.29, 0.717) is 30.9 Å². The SMILES string of the molecule is CC(C)(C)OC(=O)CC/C=C/CNc1ncc(C(N)=O)cc1N. The summed E-state index contributed by atoms with van der Waals surface area (Å²) in [6.45, 7) is 6.02. The van der Waals surface area contributed by atoms with Gasteiger partial charge in [0.2, 0.25) is 5.91 Å². The first-order valence-corrected chi connectivity index (χ1v) is 7.35. The number of nitrogen functional groups attached to an aromatic ring is 1. The van der Waals surface area contributed by atoms with Gasteiger partial charge in [-0.3, -0.25) is 9.59 Å². The molecule has 0 saturated carbocycles. The van der Waals surface area contributed by atoms with E-state index in [2.05, 4.69) is 10.3 Å². The summed E-state index contributed by atoms with van der Waals surface area (Å²) in [6.07, 6.45) is 6.05. The van der Waals surface area contributed by atoms with Gasteiger partial charge in [0.1, 0.15) is 11.4 Å². The molecule has 0 fully saturated rings. The number of amides is 1. The number of nitrogens with one attached hydrogen (secondary N) is 1. The lowest BCUT2D eigenvalue weighted by atomic mass is 10.2. The number of esters is 1. The van der Waals surface area contributed by atoms with Gasteiger partial charge >= 0.3 is 5.97 Å². The highest BCUT2D eigenvalue weighted by Crippen LogP contribution is 2.15. The van der Waals surface area contributed by atoms with Crippen molar-refractivity contribution in [2.24, 2.45) is 5.73 Å². The molecule has 1 amide bonds. The van der Waals surface area contributed by atoms with E-state index in [1.165, 1.54) is 12.3 Å². The Balaban J connectivity index is 2.34. The zero-order chi connectivity index (χ0) is 17.5. The molecule has 0 aromatic carbocycles. The van der Waals surface area contributed by atoms with Crippen LogP contribution in [0.4, 0.5) is 11.5 Å². The first-order chi connectivity index (χ1) is 10.7. The number of hydrogen-bond acceptors (Lipinski definition) is 6. The molecule has 1 aromatic rings. The second-order valence-corrected chi connectivity index (χ2v) is 6.00. The third-order valence-electron chi connectivity index (χ3n) is 2.69. The zero-order valence-corrected chi connectivity index (χ0v) is 13.8. The fourth-order valence-corrected chi connectivity index (χ4v) is 1.71. The van der Waals surface area contributed by atoms with Gasteiger partial charge in [0.15, 0.2) is 0 Å². The van der Waals surface area contributed by atoms with E-state index in [4.69, 9.17) is 16.2 Å². The number of hydrogen-bond donors (Lipinski definition) is 3. The minimum Gasteiger partial charge on any atom is -0.460 e. The van der Waals surface area contributed by atoms with Crippen LogP contribution in [0.1, 0.15) is 44.0 Å². The van der Waals surface area contributed by atoms with Crippen molar-refractivity contribution in [1.82, 2.24) is 4.98 Å². The van der Waals surface area contributed by atoms with Gasteiger partial charge in [-0.15, -0.1) is 0 Å². The minimum absolute atomic E-state index is 0.219. The smallest absolute Gasteiger partial charge is 0.306 e. The molecule has 1 rings (SSSR count). The number of allylic oxidation sites excluding steroid dienone is 1. The van der Waals surface area contributed by atoms with Crippen LogP contribution in [0.3, 0.4) is 0 Å². The van der Waals surface area contributed by atoms with Crippen molar-refractivity contribution in [3.05, 3.63) is 30.0 Å². The molecular formula is C16H24N4O3. The van der Waals surface area contributed by atoms with E-state index >= 15 is 0 Å². The van der Waals surface area contributed by atoms with Gasteiger partial charge in [-0.1, -0.05) is 12.2 Å². The molecule has 23 heavy (non-hydrogen) atoms. The van der Waals surface area contributed by atoms with Gasteiger partial charge in [0.05, 0.1) is 11.3 Å². The van der Waals surface area contributed by atoms with Crippen LogP contribution in [0.2, 0.25) is 0 Å². The van der Waals surface area contributed by atoms with Crippen LogP contribution in [-0.2, 0) is 9.53 Å². The summed E-state index contributed by atoms with van der Waals surface area (Å²) in [4.78, 5) is 26.5. The predicted octanol–water partition coefficient (Wildman–Crippen LogP) is 1.85. The third-order valence-corrected chi connectivity index (χ3v) is 2.69. The number of anilines is 2. The van der Waals surface area contributed by atoms with Gasteiger partial charge in [0.25, 0.3) is 0 Å². The standard InChI is InChI=1S/C16H24N4O3/c1-16(2,3)23-13(21)7-5-4-6-8-19-15-12(17)9-11(10-20-15)14(18)22/h4,6,9-10H,5,7-8,17H2,1-3H3,(H2,18,22)(H,19,20)/b6-4+. The number of primary amides is 1. The minimum atomic E-state index is -0.571. The van der Waals surface area contributed by atoms with Crippen molar-refractivity contribution < 1.29 is 14.3 Å². The largest absolute Gasteiger partial charge is 0.460 e. The van der Waals surface area contributed by atoms with Crippen LogP contribution in [0.5, 0.6) is 0 Å². The Bertz CT molecular complexity index is 591. The van der Waals surface area contributed by atoms with E-state index in [9.17, 15) is 9.59 Å². The Hall–Kier alpha value is -2.57. The highest BCUT2D eigenvalue weighted by Gasteiger charge is 2.15. The van der Waals surface area contributed by atoms with E-state index in [1.807, 2.05) is 32.9 Å². The Labute approximate surface area is 136 Å². The Kier molecular flexibility index (Phi) is 6.56. The lowest BCUT2D eigenvalue weighted by molar-refractivity contribution is -0.154. The molecule has 0 aliphatic carbocycles. The third kappa shape index (κ3) is 7.30. The summed E-state index contributed by atoms with van der Waals surface area (Å²) in [5, 5.41) is 3.01. The number of rotatable bonds is 7. The van der Waals surface area contributed by atoms with Crippen LogP contribution < -0.4 is 16.8 Å². The van der Waals surface area contributed by atoms with Crippen LogP contribution in [-0.4, -0.2) is 29.0 Å². The number of nitrogens with two attached hydrogens (primary N) is 2. The molecule has 0 radical (unpaired) electrons. The van der Waals surface area contributed by atoms with Crippen LogP contribution in [0, 0.1) is 0 Å². The van der Waals surface area contributed by atoms with E-state index in [-0.39, 0.29) is 11.5 Å². The van der Waals surface area contributed by atoms with E-state index in [1.54, 1.807) is 0 Å². The van der Waals surface area contributed by atoms with Crippen molar-refractivity contribution in [2.45, 2.75) is 39.2 Å². The average molecular weight is 320 g/mol. The topological polar surface area (TPSA) is 120 Å². The van der Waals surface area contributed by atoms with E-state index in [0.717, 1.165) is 0 Å². The van der Waals surface area contributed by atoms with E-state index < -0.39 is 11.5 Å². The van der Waals surface area contributed by atoms with Gasteiger partial charge in [-0.2, -0.15) is 0 Å². The lowest BCUT2D eigenvalue weighted by Crippen LogP contribution is -2.23. The highest BCUT2D eigenvalue weighted by atomic mass is 16.6. The Morgan fingerprint density at radius 3 is 2.61 bits per heavy atom. The summed E-state index contributed by atoms with van der Waals surface area (Å²) in [5.74, 6) is -0.312. The number of ether oxygens (including phenoxy) is 1. The maximum Gasteiger partial charge on any atom is 0.306 e. The maximum atomic E-state index is 11.5. The Morgan fingerprint density at radius 1 is 1.35 bits per heavy atom. The van der Waals surface area contributed by atoms with Crippen molar-refractivity contribution in [1.29, 1.82) is 0 Å². The molecule has 7 heteroatoms. The fourth-order valence-electron chi connectivity index (χ4n) is 1.71. The highest BCUT2D eigenvalue weighted by molar-refractivity contribution is 5.94. The average Bonchev–Trinajstić information content (AvgIpc) is 2.41. The van der Waals surface area contributed by atoms with Crippen LogP contribution in [0.15, 0.2) is 24.4 Å². The number of pyridine rings is 1. The molecule has 0 atom stereocenters. The molecule has 0 bridgehead atoms. The number of carbonyl (C=O) groups is 2. The van der Waals surface area contributed by atoms with Crippen molar-refractivity contribution >= 4 is 23.4 Å². The molecule has 1 aromatic heterocycles. The molecule has 0 unspecified atom stereocenters. The van der Waals surface area contributed by atoms with Gasteiger partial charge < -0.3 is 21.5 Å². The van der Waals surface area contributed by atoms with Crippen molar-refractivity contribution in [3.63, 3.8) is 0 Å². The quantitative estimate of drug-likeness (QED) is 0.521. The normalized spacial score (nSPS) is 11.4. The molecule has 0 aliphatic rings. The predicted molar refractivity (Wildman–Crippen MR) is 89.9 cm³/mol. The number of nitrogens with zero attached hydrogens (tertiary/aromatic N) is 1. The van der Waals surface area contributed by atoms with Crippen molar-refractivity contribution in [2.75, 3.05) is 17.6 Å². The lowest BCUT2D eigenvalue weighted by Gasteiger charge is -2.19. The molecular weight excluding hydrogens is 296 g/mol. The first kappa shape index (κ1) is 18.5. The van der Waals surface area contributed by atoms with Gasteiger partial charge in [0, 0.05) is 19.2 Å². The monoisotopic (exact) mass is 320 g/mol. The molecule has 5 N–H and O–H groups in total. The molecule has 126 valence electrons. The summed E-state index contributed by atoms with van der Waals surface area (Å²) >= 11 is 0. The van der Waals surface area contributed by atoms with Gasteiger partial charge in [-0.25, -0.2) is 4.98 Å². The number of carbonyl (C=O) groups excluding carboxylic acids is 2. The molecule has 0 saturated heterocycles.